The Labute approximate surface area is 541 Å². The van der Waals surface area contributed by atoms with E-state index in [1.54, 1.807) is 44.2 Å². The van der Waals surface area contributed by atoms with Crippen LogP contribution in [0.4, 0.5) is 21.0 Å². The van der Waals surface area contributed by atoms with Crippen molar-refractivity contribution in [2.24, 2.45) is 11.8 Å². The highest BCUT2D eigenvalue weighted by Gasteiger charge is 2.40. The van der Waals surface area contributed by atoms with Crippen molar-refractivity contribution in [3.8, 4) is 0 Å². The third-order valence-corrected chi connectivity index (χ3v) is 19.9. The number of likely N-dealkylation sites (N-methyl/N-ethyl adjacent to an activating group) is 2. The lowest BCUT2D eigenvalue weighted by atomic mass is 10.0. The molecule has 92 heavy (non-hydrogen) atoms. The number of anilines is 1. The quantitative estimate of drug-likeness (QED) is 0.0131. The molecule has 5 N–H and O–H groups in total. The van der Waals surface area contributed by atoms with Crippen molar-refractivity contribution in [3.63, 3.8) is 0 Å². The molecule has 32 heteroatoms. The van der Waals surface area contributed by atoms with Gasteiger partial charge in [-0.2, -0.15) is 8.61 Å². The first-order valence-corrected chi connectivity index (χ1v) is 36.0. The molecule has 0 radical (unpaired) electrons. The Bertz CT molecular complexity index is 3260. The highest BCUT2D eigenvalue weighted by molar-refractivity contribution is 7.89. The van der Waals surface area contributed by atoms with E-state index in [1.165, 1.54) is 28.6 Å². The molecule has 2 amide bonds. The number of nitrogens with two attached hydrogens (primary N) is 1. The zero-order valence-corrected chi connectivity index (χ0v) is 57.5. The predicted octanol–water partition coefficient (Wildman–Crippen LogP) is 6.19. The molecule has 0 aromatic heterocycles. The largest absolute Gasteiger partial charge is 0.756 e. The number of nitro benzene ring substituents is 1. The molecule has 4 aromatic carbocycles. The van der Waals surface area contributed by atoms with Gasteiger partial charge in [-0.25, -0.2) is 31.0 Å². The average molecular weight is 1370 g/mol. The van der Waals surface area contributed by atoms with Crippen LogP contribution in [0, 0.1) is 22.0 Å². The van der Waals surface area contributed by atoms with Gasteiger partial charge < -0.3 is 63.1 Å². The highest BCUT2D eigenvalue weighted by atomic mass is 32.2. The molecule has 2 aliphatic rings. The van der Waals surface area contributed by atoms with Crippen molar-refractivity contribution in [2.45, 2.75) is 99.7 Å². The molecule has 2 saturated heterocycles. The molecule has 514 valence electrons. The normalized spacial score (nSPS) is 18.3. The van der Waals surface area contributed by atoms with Crippen LogP contribution >= 0.6 is 15.6 Å². The number of hydrogen-bond donors (Lipinski definition) is 4. The van der Waals surface area contributed by atoms with Gasteiger partial charge in [-0.15, -0.1) is 0 Å². The van der Waals surface area contributed by atoms with Crippen molar-refractivity contribution < 1.29 is 96.3 Å². The van der Waals surface area contributed by atoms with E-state index in [0.29, 0.717) is 59.4 Å². The number of alkyl carbamates (subject to hydrolysis) is 2. The van der Waals surface area contributed by atoms with Crippen molar-refractivity contribution in [3.05, 3.63) is 130 Å². The SMILES string of the molecule is CC(C)CN(C[C@@H](OP(=O)(O)OCC[N+](C)(C)C)[C@H](Cc1ccccc1)NC(=O)O[C@H]1CCOC1)S(=O)(=O)c1ccc(N)cc1.CC(C)CN(C[C@@H](OP(=O)([O-])OCC[N+](C)(C)C)[C@H](Cc1ccccc1)NC(=O)O[C@H]1CCOC1)S(=O)(=O)c1ccc([N+](=O)[O-])cc1. The minimum absolute atomic E-state index is 0.00399. The lowest BCUT2D eigenvalue weighted by molar-refractivity contribution is -0.870. The molecule has 0 aliphatic carbocycles. The number of carbonyl (C=O) groups is 2. The van der Waals surface area contributed by atoms with Gasteiger partial charge in [0, 0.05) is 56.8 Å². The fourth-order valence-electron chi connectivity index (χ4n) is 9.33. The van der Waals surface area contributed by atoms with Crippen LogP contribution in [0.3, 0.4) is 0 Å². The Balaban J connectivity index is 0.000000334. The Morgan fingerprint density at radius 3 is 1.40 bits per heavy atom. The molecule has 4 aromatic rings. The van der Waals surface area contributed by atoms with E-state index in [-0.39, 0.29) is 86.2 Å². The number of phosphoric ester groups is 2. The van der Waals surface area contributed by atoms with E-state index in [9.17, 15) is 55.5 Å². The van der Waals surface area contributed by atoms with Gasteiger partial charge in [0.05, 0.1) is 95.5 Å². The summed E-state index contributed by atoms with van der Waals surface area (Å²) in [6.07, 6.45) is -4.20. The Kier molecular flexibility index (Phi) is 29.6. The first kappa shape index (κ1) is 77.2. The summed E-state index contributed by atoms with van der Waals surface area (Å²) in [4.78, 5) is 60.6. The van der Waals surface area contributed by atoms with Gasteiger partial charge in [0.1, 0.15) is 50.7 Å². The van der Waals surface area contributed by atoms with Gasteiger partial charge in [-0.3, -0.25) is 23.7 Å². The molecule has 0 spiro atoms. The standard InChI is InChI=1S/C30H45N4O11PS.C30H47N4O9PS/c1-23(2)20-32(47(40,41)27-13-11-25(12-14-27)33(36)37)21-29(45-46(38,39)43-18-16-34(3,4)5)28(19-24-9-7-6-8-10-24)31-30(35)44-26-15-17-42-22-26;1-23(2)20-33(45(38,39)27-13-11-25(31)12-14-27)21-29(43-44(36,37)41-18-16-34(3,4)5)28(19-24-9-7-6-8-10-24)32-30(35)42-26-15-17-40-22-26/h6-14,23,26,28-29H,15-22H2,1-5H3,(H-,31,35,38,39);6-14,23,26,28-29H,15-22,31H2,1-5H3,(H-,32,35,36,37)/p+1/t2*26-,28-,29+/m00/s1. The number of sulfonamides is 2. The van der Waals surface area contributed by atoms with Crippen molar-refractivity contribution in [1.29, 1.82) is 0 Å². The smallest absolute Gasteiger partial charge is 0.472 e. The van der Waals surface area contributed by atoms with Gasteiger partial charge in [-0.05, 0) is 72.2 Å². The number of ether oxygens (including phenoxy) is 4. The summed E-state index contributed by atoms with van der Waals surface area (Å²) >= 11 is 0. The second-order valence-electron chi connectivity index (χ2n) is 25.3. The number of carbonyl (C=O) groups excluding carboxylic acids is 2. The lowest BCUT2D eigenvalue weighted by Crippen LogP contribution is -2.52. The van der Waals surface area contributed by atoms with Gasteiger partial charge in [0.2, 0.25) is 20.0 Å². The minimum atomic E-state index is -5.07. The number of amides is 2. The minimum Gasteiger partial charge on any atom is -0.756 e. The number of nitrogen functional groups attached to an aromatic ring is 1. The average Bonchev–Trinajstić information content (AvgIpc) is 1.05. The number of non-ortho nitro benzene ring substituents is 1. The molecule has 2 heterocycles. The summed E-state index contributed by atoms with van der Waals surface area (Å²) in [5.41, 5.74) is 7.38. The van der Waals surface area contributed by atoms with E-state index in [1.807, 2.05) is 86.5 Å². The van der Waals surface area contributed by atoms with Crippen LogP contribution in [0.15, 0.2) is 119 Å². The summed E-state index contributed by atoms with van der Waals surface area (Å²) in [5.74, 6) is -0.347. The van der Waals surface area contributed by atoms with Gasteiger partial charge in [-0.1, -0.05) is 88.4 Å². The van der Waals surface area contributed by atoms with Crippen LogP contribution in [-0.2, 0) is 79.1 Å². The summed E-state index contributed by atoms with van der Waals surface area (Å²) in [5, 5.41) is 16.7. The second kappa shape index (κ2) is 35.3. The van der Waals surface area contributed by atoms with Crippen LogP contribution < -0.4 is 21.3 Å². The fraction of sp³-hybridized carbons (Fsp3) is 0.567. The predicted molar refractivity (Wildman–Crippen MR) is 342 cm³/mol. The summed E-state index contributed by atoms with van der Waals surface area (Å²) in [6.45, 7) is 8.16. The van der Waals surface area contributed by atoms with Crippen LogP contribution in [0.1, 0.15) is 51.7 Å². The first-order valence-electron chi connectivity index (χ1n) is 30.2. The van der Waals surface area contributed by atoms with E-state index >= 15 is 0 Å². The number of phosphoric acid groups is 2. The summed E-state index contributed by atoms with van der Waals surface area (Å²) in [7, 11) is -7.00. The highest BCUT2D eigenvalue weighted by Crippen LogP contribution is 2.46. The number of benzene rings is 4. The second-order valence-corrected chi connectivity index (χ2v) is 32.0. The lowest BCUT2D eigenvalue weighted by Gasteiger charge is -2.36. The van der Waals surface area contributed by atoms with Crippen LogP contribution in [-0.4, -0.2) is 214 Å². The zero-order valence-electron chi connectivity index (χ0n) is 54.1. The maximum Gasteiger partial charge on any atom is 0.472 e. The molecule has 2 fully saturated rings. The van der Waals surface area contributed by atoms with Gasteiger partial charge in [0.25, 0.3) is 13.5 Å². The van der Waals surface area contributed by atoms with Gasteiger partial charge in [0.15, 0.2) is 0 Å². The van der Waals surface area contributed by atoms with E-state index in [4.69, 9.17) is 42.8 Å². The monoisotopic (exact) mass is 1370 g/mol. The zero-order chi connectivity index (χ0) is 68.1. The number of nitrogens with zero attached hydrogens (tertiary/aromatic N) is 5. The van der Waals surface area contributed by atoms with Crippen molar-refractivity contribution in [1.82, 2.24) is 19.2 Å². The Morgan fingerprint density at radius 1 is 0.641 bits per heavy atom. The van der Waals surface area contributed by atoms with Crippen molar-refractivity contribution >= 4 is 59.3 Å². The molecule has 6 rings (SSSR count). The van der Waals surface area contributed by atoms with Gasteiger partial charge >= 0.3 is 20.0 Å². The van der Waals surface area contributed by atoms with E-state index < -0.39 is 95.8 Å². The molecule has 0 saturated carbocycles. The number of quaternary nitrogens is 2. The molecule has 8 atom stereocenters. The first-order chi connectivity index (χ1) is 43.0. The number of hydrogen-bond acceptors (Lipinski definition) is 20. The molecular weight excluding hydrogens is 1280 g/mol. The number of nitro groups is 1. The van der Waals surface area contributed by atoms with Crippen molar-refractivity contribution in [2.75, 3.05) is 127 Å². The maximum absolute atomic E-state index is 14.0. The third kappa shape index (κ3) is 27.5. The maximum atomic E-state index is 14.0. The van der Waals surface area contributed by atoms with Crippen LogP contribution in [0.25, 0.3) is 0 Å². The summed E-state index contributed by atoms with van der Waals surface area (Å²) in [6, 6.07) is 26.1. The third-order valence-electron chi connectivity index (χ3n) is 14.1. The molecule has 28 nitrogen and oxygen atoms in total. The Morgan fingerprint density at radius 2 is 1.03 bits per heavy atom. The molecule has 2 aliphatic heterocycles. The van der Waals surface area contributed by atoms with Crippen LogP contribution in [0.5, 0.6) is 0 Å². The Hall–Kier alpha value is -5.50. The van der Waals surface area contributed by atoms with Crippen LogP contribution in [0.2, 0.25) is 0 Å². The van der Waals surface area contributed by atoms with E-state index in [0.717, 1.165) is 34.1 Å². The molecule has 2 unspecified atom stereocenters. The summed E-state index contributed by atoms with van der Waals surface area (Å²) < 4.78 is 129. The fourth-order valence-corrected chi connectivity index (χ4v) is 14.4. The number of nitrogens with one attached hydrogen (secondary N) is 2. The topological polar surface area (TPSA) is 353 Å². The number of rotatable bonds is 35. The van der Waals surface area contributed by atoms with E-state index in [2.05, 4.69) is 10.6 Å². The molecule has 0 bridgehead atoms. The molecular formula is C60H93N8O20P2S2+.